The van der Waals surface area contributed by atoms with Crippen LogP contribution in [0.5, 0.6) is 0 Å². The van der Waals surface area contributed by atoms with Gasteiger partial charge in [-0.2, -0.15) is 0 Å². The average Bonchev–Trinajstić information content (AvgIpc) is 2.94. The monoisotopic (exact) mass is 245 g/mol. The molecule has 2 atom stereocenters. The summed E-state index contributed by atoms with van der Waals surface area (Å²) in [7, 11) is 2.00. The van der Waals surface area contributed by atoms with E-state index in [1.54, 1.807) is 0 Å². The Bertz CT molecular complexity index is 547. The minimum absolute atomic E-state index is 0.385. The van der Waals surface area contributed by atoms with E-state index in [9.17, 15) is 0 Å². The maximum absolute atomic E-state index is 5.93. The molecule has 2 unspecified atom stereocenters. The minimum atomic E-state index is 0.385. The van der Waals surface area contributed by atoms with E-state index in [0.29, 0.717) is 12.0 Å². The normalized spacial score (nSPS) is 23.7. The first-order valence-corrected chi connectivity index (χ1v) is 6.49. The molecule has 3 rings (SSSR count). The van der Waals surface area contributed by atoms with Crippen LogP contribution in [-0.2, 0) is 7.05 Å². The highest BCUT2D eigenvalue weighted by Gasteiger charge is 2.21. The number of nitrogens with zero attached hydrogens (tertiary/aromatic N) is 3. The quantitative estimate of drug-likeness (QED) is 0.860. The van der Waals surface area contributed by atoms with Gasteiger partial charge in [-0.3, -0.25) is 0 Å². The third-order valence-corrected chi connectivity index (χ3v) is 3.78. The fourth-order valence-corrected chi connectivity index (χ4v) is 2.73. The van der Waals surface area contributed by atoms with Gasteiger partial charge in [0.25, 0.3) is 0 Å². The standard InChI is InChI=1S/C13H19N5/c1-18-8-17-12-11(18)4-5-15-13(12)16-7-9-2-3-10(14)6-9/h4-5,8-10H,2-3,6-7,14H2,1H3,(H,15,16). The van der Waals surface area contributed by atoms with Crippen molar-refractivity contribution in [1.29, 1.82) is 0 Å². The van der Waals surface area contributed by atoms with E-state index in [4.69, 9.17) is 5.73 Å². The maximum Gasteiger partial charge on any atom is 0.154 e. The Morgan fingerprint density at radius 2 is 2.33 bits per heavy atom. The van der Waals surface area contributed by atoms with E-state index < -0.39 is 0 Å². The molecule has 0 aliphatic heterocycles. The number of fused-ring (bicyclic) bond motifs is 1. The molecule has 96 valence electrons. The predicted octanol–water partition coefficient (Wildman–Crippen LogP) is 1.51. The molecular weight excluding hydrogens is 226 g/mol. The van der Waals surface area contributed by atoms with E-state index in [1.165, 1.54) is 6.42 Å². The van der Waals surface area contributed by atoms with Crippen molar-refractivity contribution in [1.82, 2.24) is 14.5 Å². The van der Waals surface area contributed by atoms with Gasteiger partial charge in [0, 0.05) is 25.8 Å². The SMILES string of the molecule is Cn1cnc2c(NCC3CCC(N)C3)nccc21. The average molecular weight is 245 g/mol. The van der Waals surface area contributed by atoms with E-state index in [0.717, 1.165) is 36.2 Å². The summed E-state index contributed by atoms with van der Waals surface area (Å²) >= 11 is 0. The summed E-state index contributed by atoms with van der Waals surface area (Å²) in [5.74, 6) is 1.55. The maximum atomic E-state index is 5.93. The third kappa shape index (κ3) is 2.06. The molecule has 5 heteroatoms. The Morgan fingerprint density at radius 3 is 3.11 bits per heavy atom. The Kier molecular flexibility index (Phi) is 2.91. The Labute approximate surface area is 106 Å². The van der Waals surface area contributed by atoms with Gasteiger partial charge in [-0.05, 0) is 31.2 Å². The molecule has 1 saturated carbocycles. The zero-order valence-corrected chi connectivity index (χ0v) is 10.6. The minimum Gasteiger partial charge on any atom is -0.368 e. The summed E-state index contributed by atoms with van der Waals surface area (Å²) in [6, 6.07) is 2.37. The van der Waals surface area contributed by atoms with Crippen LogP contribution in [-0.4, -0.2) is 27.1 Å². The molecule has 0 bridgehead atoms. The molecule has 1 aliphatic carbocycles. The molecule has 0 saturated heterocycles. The number of hydrogen-bond donors (Lipinski definition) is 2. The highest BCUT2D eigenvalue weighted by molar-refractivity contribution is 5.85. The first-order valence-electron chi connectivity index (χ1n) is 6.49. The fourth-order valence-electron chi connectivity index (χ4n) is 2.73. The van der Waals surface area contributed by atoms with E-state index in [-0.39, 0.29) is 0 Å². The van der Waals surface area contributed by atoms with Crippen molar-refractivity contribution < 1.29 is 0 Å². The Morgan fingerprint density at radius 1 is 1.44 bits per heavy atom. The molecule has 2 heterocycles. The Balaban J connectivity index is 1.74. The zero-order chi connectivity index (χ0) is 12.5. The van der Waals surface area contributed by atoms with Crippen LogP contribution < -0.4 is 11.1 Å². The van der Waals surface area contributed by atoms with Crippen molar-refractivity contribution in [2.24, 2.45) is 18.7 Å². The number of aryl methyl sites for hydroxylation is 1. The van der Waals surface area contributed by atoms with Gasteiger partial charge in [0.05, 0.1) is 11.8 Å². The fraction of sp³-hybridized carbons (Fsp3) is 0.538. The molecule has 1 aliphatic rings. The van der Waals surface area contributed by atoms with Crippen molar-refractivity contribution >= 4 is 16.9 Å². The highest BCUT2D eigenvalue weighted by Crippen LogP contribution is 2.25. The predicted molar refractivity (Wildman–Crippen MR) is 72.3 cm³/mol. The molecule has 5 nitrogen and oxygen atoms in total. The van der Waals surface area contributed by atoms with Gasteiger partial charge in [0.1, 0.15) is 5.52 Å². The number of imidazole rings is 1. The molecule has 2 aromatic rings. The van der Waals surface area contributed by atoms with Gasteiger partial charge < -0.3 is 15.6 Å². The molecule has 2 aromatic heterocycles. The largest absolute Gasteiger partial charge is 0.368 e. The summed E-state index contributed by atoms with van der Waals surface area (Å²) in [5.41, 5.74) is 7.98. The first kappa shape index (κ1) is 11.5. The van der Waals surface area contributed by atoms with Gasteiger partial charge in [-0.15, -0.1) is 0 Å². The van der Waals surface area contributed by atoms with Crippen LogP contribution in [0.2, 0.25) is 0 Å². The van der Waals surface area contributed by atoms with Gasteiger partial charge in [-0.25, -0.2) is 9.97 Å². The van der Waals surface area contributed by atoms with Crippen molar-refractivity contribution in [3.05, 3.63) is 18.6 Å². The zero-order valence-electron chi connectivity index (χ0n) is 10.6. The molecule has 18 heavy (non-hydrogen) atoms. The number of rotatable bonds is 3. The lowest BCUT2D eigenvalue weighted by atomic mass is 10.1. The van der Waals surface area contributed by atoms with Gasteiger partial charge in [-0.1, -0.05) is 0 Å². The number of pyridine rings is 1. The Hall–Kier alpha value is -1.62. The summed E-state index contributed by atoms with van der Waals surface area (Å²) in [6.07, 6.45) is 7.13. The number of nitrogens with one attached hydrogen (secondary N) is 1. The number of anilines is 1. The van der Waals surface area contributed by atoms with Crippen molar-refractivity contribution in [2.75, 3.05) is 11.9 Å². The molecular formula is C13H19N5. The number of aromatic nitrogens is 3. The lowest BCUT2D eigenvalue weighted by Gasteiger charge is -2.11. The molecule has 0 spiro atoms. The summed E-state index contributed by atoms with van der Waals surface area (Å²) in [5, 5.41) is 3.42. The first-order chi connectivity index (χ1) is 8.74. The summed E-state index contributed by atoms with van der Waals surface area (Å²) in [6.45, 7) is 0.941. The van der Waals surface area contributed by atoms with Crippen molar-refractivity contribution in [3.63, 3.8) is 0 Å². The summed E-state index contributed by atoms with van der Waals surface area (Å²) in [4.78, 5) is 8.77. The van der Waals surface area contributed by atoms with Crippen LogP contribution in [0.1, 0.15) is 19.3 Å². The van der Waals surface area contributed by atoms with Crippen LogP contribution in [0, 0.1) is 5.92 Å². The van der Waals surface area contributed by atoms with Crippen LogP contribution in [0.3, 0.4) is 0 Å². The molecule has 0 amide bonds. The van der Waals surface area contributed by atoms with Gasteiger partial charge in [0.2, 0.25) is 0 Å². The summed E-state index contributed by atoms with van der Waals surface area (Å²) < 4.78 is 2.01. The lowest BCUT2D eigenvalue weighted by Crippen LogP contribution is -2.18. The van der Waals surface area contributed by atoms with Gasteiger partial charge in [0.15, 0.2) is 5.82 Å². The van der Waals surface area contributed by atoms with Crippen LogP contribution >= 0.6 is 0 Å². The molecule has 0 radical (unpaired) electrons. The molecule has 1 fully saturated rings. The highest BCUT2D eigenvalue weighted by atomic mass is 15.1. The number of nitrogens with two attached hydrogens (primary N) is 1. The molecule has 0 aromatic carbocycles. The second kappa shape index (κ2) is 4.57. The number of hydrogen-bond acceptors (Lipinski definition) is 4. The lowest BCUT2D eigenvalue weighted by molar-refractivity contribution is 0.565. The van der Waals surface area contributed by atoms with Crippen LogP contribution in [0.15, 0.2) is 18.6 Å². The second-order valence-corrected chi connectivity index (χ2v) is 5.20. The van der Waals surface area contributed by atoms with E-state index in [1.807, 2.05) is 30.2 Å². The smallest absolute Gasteiger partial charge is 0.154 e. The van der Waals surface area contributed by atoms with E-state index in [2.05, 4.69) is 15.3 Å². The molecule has 3 N–H and O–H groups in total. The third-order valence-electron chi connectivity index (χ3n) is 3.78. The van der Waals surface area contributed by atoms with Crippen molar-refractivity contribution in [2.45, 2.75) is 25.3 Å². The van der Waals surface area contributed by atoms with Gasteiger partial charge >= 0.3 is 0 Å². The van der Waals surface area contributed by atoms with Crippen LogP contribution in [0.25, 0.3) is 11.0 Å². The topological polar surface area (TPSA) is 68.8 Å². The van der Waals surface area contributed by atoms with E-state index >= 15 is 0 Å². The van der Waals surface area contributed by atoms with Crippen LogP contribution in [0.4, 0.5) is 5.82 Å². The second-order valence-electron chi connectivity index (χ2n) is 5.20. The van der Waals surface area contributed by atoms with Crippen molar-refractivity contribution in [3.8, 4) is 0 Å².